The number of fused-ring (bicyclic) bond motifs is 2. The fourth-order valence-electron chi connectivity index (χ4n) is 3.07. The van der Waals surface area contributed by atoms with Gasteiger partial charge in [0.05, 0.1) is 15.3 Å². The van der Waals surface area contributed by atoms with Gasteiger partial charge < -0.3 is 15.1 Å². The zero-order valence-corrected chi connectivity index (χ0v) is 12.9. The molecule has 0 aromatic carbocycles. The summed E-state index contributed by atoms with van der Waals surface area (Å²) in [5.41, 5.74) is 0. The lowest BCUT2D eigenvalue weighted by atomic mass is 9.95. The third-order valence-electron chi connectivity index (χ3n) is 4.03. The van der Waals surface area contributed by atoms with Gasteiger partial charge in [-0.25, -0.2) is 4.98 Å². The lowest BCUT2D eigenvalue weighted by molar-refractivity contribution is 0.0935. The van der Waals surface area contributed by atoms with Crippen LogP contribution in [0.4, 0.5) is 0 Å². The first-order valence-electron chi connectivity index (χ1n) is 7.01. The van der Waals surface area contributed by atoms with Crippen molar-refractivity contribution < 1.29 is 9.21 Å². The van der Waals surface area contributed by atoms with Crippen LogP contribution in [0.2, 0.25) is 0 Å². The van der Waals surface area contributed by atoms with Gasteiger partial charge in [-0.2, -0.15) is 0 Å². The van der Waals surface area contributed by atoms with Crippen LogP contribution in [0, 0.1) is 0 Å². The minimum absolute atomic E-state index is 0.0313. The quantitative estimate of drug-likeness (QED) is 0.906. The van der Waals surface area contributed by atoms with Crippen molar-refractivity contribution in [2.24, 2.45) is 0 Å². The molecule has 0 aliphatic carbocycles. The van der Waals surface area contributed by atoms with Crippen LogP contribution in [-0.4, -0.2) is 29.0 Å². The molecule has 4 rings (SSSR count). The lowest BCUT2D eigenvalue weighted by Crippen LogP contribution is -2.42. The number of aromatic nitrogens is 1. The molecular formula is C14H15N3O2S2. The fourth-order valence-corrected chi connectivity index (χ4v) is 4.94. The molecule has 2 aliphatic heterocycles. The van der Waals surface area contributed by atoms with Gasteiger partial charge in [-0.3, -0.25) is 4.79 Å². The highest BCUT2D eigenvalue weighted by Crippen LogP contribution is 2.33. The normalized spacial score (nSPS) is 27.1. The Morgan fingerprint density at radius 2 is 2.43 bits per heavy atom. The van der Waals surface area contributed by atoms with Gasteiger partial charge in [0.15, 0.2) is 11.5 Å². The Morgan fingerprint density at radius 3 is 3.14 bits per heavy atom. The van der Waals surface area contributed by atoms with Crippen molar-refractivity contribution in [1.82, 2.24) is 15.6 Å². The highest BCUT2D eigenvalue weighted by Gasteiger charge is 2.39. The second-order valence-corrected chi connectivity index (χ2v) is 7.79. The van der Waals surface area contributed by atoms with Gasteiger partial charge in [0, 0.05) is 18.1 Å². The van der Waals surface area contributed by atoms with Gasteiger partial charge in [0.2, 0.25) is 0 Å². The summed E-state index contributed by atoms with van der Waals surface area (Å²) in [4.78, 5) is 17.0. The predicted molar refractivity (Wildman–Crippen MR) is 80.8 cm³/mol. The average molecular weight is 321 g/mol. The van der Waals surface area contributed by atoms with Crippen LogP contribution in [0.1, 0.15) is 28.9 Å². The zero-order valence-electron chi connectivity index (χ0n) is 11.2. The molecule has 3 atom stereocenters. The molecule has 7 heteroatoms. The average Bonchev–Trinajstić information content (AvgIpc) is 3.24. The molecule has 2 N–H and O–H groups in total. The van der Waals surface area contributed by atoms with Gasteiger partial charge in [0.25, 0.3) is 5.91 Å². The number of nitrogens with one attached hydrogen (secondary N) is 2. The highest BCUT2D eigenvalue weighted by atomic mass is 32.2. The molecule has 21 heavy (non-hydrogen) atoms. The van der Waals surface area contributed by atoms with Gasteiger partial charge in [-0.05, 0) is 43.2 Å². The first-order valence-corrected chi connectivity index (χ1v) is 8.64. The molecule has 2 bridgehead atoms. The number of carbonyl (C=O) groups is 1. The van der Waals surface area contributed by atoms with Crippen LogP contribution in [0.25, 0.3) is 0 Å². The second kappa shape index (κ2) is 5.47. The topological polar surface area (TPSA) is 67.2 Å². The molecule has 0 saturated carbocycles. The van der Waals surface area contributed by atoms with E-state index in [2.05, 4.69) is 15.6 Å². The number of hydrogen-bond donors (Lipinski definition) is 2. The molecule has 0 unspecified atom stereocenters. The summed E-state index contributed by atoms with van der Waals surface area (Å²) in [6.45, 7) is 0. The van der Waals surface area contributed by atoms with Crippen LogP contribution in [0.3, 0.4) is 0 Å². The van der Waals surface area contributed by atoms with Crippen LogP contribution in [0.15, 0.2) is 38.4 Å². The number of hydrogen-bond acceptors (Lipinski definition) is 6. The van der Waals surface area contributed by atoms with Crippen molar-refractivity contribution in [3.8, 4) is 0 Å². The zero-order chi connectivity index (χ0) is 14.2. The molecule has 0 spiro atoms. The van der Waals surface area contributed by atoms with E-state index in [1.165, 1.54) is 42.3 Å². The maximum atomic E-state index is 12.3. The molecule has 2 aromatic rings. The van der Waals surface area contributed by atoms with E-state index < -0.39 is 0 Å². The Morgan fingerprint density at radius 1 is 1.48 bits per heavy atom. The van der Waals surface area contributed by atoms with E-state index in [9.17, 15) is 4.79 Å². The standard InChI is InChI=1S/C14H15N3O2S2/c18-14(17-10-5-8-1-2-9(10)16-8)11-3-4-13(20-11)21-12-6-15-7-19-12/h3-4,6-10,16H,1-2,5H2,(H,17,18)/t8-,9+,10-/m1/s1. The van der Waals surface area contributed by atoms with Crippen molar-refractivity contribution >= 4 is 29.0 Å². The maximum Gasteiger partial charge on any atom is 0.261 e. The molecule has 110 valence electrons. The largest absolute Gasteiger partial charge is 0.437 e. The molecule has 0 radical (unpaired) electrons. The Balaban J connectivity index is 1.39. The van der Waals surface area contributed by atoms with E-state index in [-0.39, 0.29) is 11.9 Å². The minimum atomic E-state index is 0.0313. The van der Waals surface area contributed by atoms with E-state index in [1.807, 2.05) is 12.1 Å². The Hall–Kier alpha value is -1.31. The summed E-state index contributed by atoms with van der Waals surface area (Å²) in [6, 6.07) is 5.16. The Kier molecular flexibility index (Phi) is 3.48. The number of carbonyl (C=O) groups excluding carboxylic acids is 1. The monoisotopic (exact) mass is 321 g/mol. The minimum Gasteiger partial charge on any atom is -0.437 e. The number of amides is 1. The van der Waals surface area contributed by atoms with Crippen molar-refractivity contribution in [2.75, 3.05) is 0 Å². The van der Waals surface area contributed by atoms with Crippen LogP contribution in [-0.2, 0) is 0 Å². The molecule has 4 heterocycles. The van der Waals surface area contributed by atoms with Gasteiger partial charge >= 0.3 is 0 Å². The summed E-state index contributed by atoms with van der Waals surface area (Å²) < 4.78 is 6.23. The molecule has 2 aromatic heterocycles. The van der Waals surface area contributed by atoms with Crippen LogP contribution in [0.5, 0.6) is 0 Å². The van der Waals surface area contributed by atoms with Crippen molar-refractivity contribution in [3.63, 3.8) is 0 Å². The lowest BCUT2D eigenvalue weighted by Gasteiger charge is -2.20. The summed E-state index contributed by atoms with van der Waals surface area (Å²) in [5, 5.41) is 7.43. The smallest absolute Gasteiger partial charge is 0.261 e. The van der Waals surface area contributed by atoms with Crippen molar-refractivity contribution in [1.29, 1.82) is 0 Å². The van der Waals surface area contributed by atoms with Gasteiger partial charge in [-0.1, -0.05) is 0 Å². The fraction of sp³-hybridized carbons (Fsp3) is 0.429. The second-order valence-electron chi connectivity index (χ2n) is 5.40. The van der Waals surface area contributed by atoms with Crippen molar-refractivity contribution in [2.45, 2.75) is 46.7 Å². The molecule has 2 saturated heterocycles. The molecular weight excluding hydrogens is 306 g/mol. The van der Waals surface area contributed by atoms with E-state index in [0.717, 1.165) is 20.6 Å². The first kappa shape index (κ1) is 13.4. The van der Waals surface area contributed by atoms with Crippen molar-refractivity contribution in [3.05, 3.63) is 29.6 Å². The van der Waals surface area contributed by atoms with E-state index >= 15 is 0 Å². The predicted octanol–water partition coefficient (Wildman–Crippen LogP) is 2.51. The SMILES string of the molecule is O=C(N[C@@H]1C[C@H]2CC[C@@H]1N2)c1ccc(Sc2cnco2)s1. The Bertz CT molecular complexity index is 640. The summed E-state index contributed by atoms with van der Waals surface area (Å²) in [5.74, 6) is 0.0313. The number of oxazole rings is 1. The summed E-state index contributed by atoms with van der Waals surface area (Å²) >= 11 is 2.97. The van der Waals surface area contributed by atoms with Crippen LogP contribution >= 0.6 is 23.1 Å². The first-order chi connectivity index (χ1) is 10.3. The van der Waals surface area contributed by atoms with E-state index in [1.54, 1.807) is 6.20 Å². The molecule has 2 aliphatic rings. The van der Waals surface area contributed by atoms with Crippen LogP contribution < -0.4 is 10.6 Å². The third-order valence-corrected chi connectivity index (χ3v) is 6.15. The number of rotatable bonds is 4. The number of thiophene rings is 1. The van der Waals surface area contributed by atoms with Gasteiger partial charge in [-0.15, -0.1) is 11.3 Å². The Labute approximate surface area is 130 Å². The summed E-state index contributed by atoms with van der Waals surface area (Å²) in [7, 11) is 0. The van der Waals surface area contributed by atoms with E-state index in [4.69, 9.17) is 4.42 Å². The summed E-state index contributed by atoms with van der Waals surface area (Å²) in [6.07, 6.45) is 6.55. The maximum absolute atomic E-state index is 12.3. The molecule has 5 nitrogen and oxygen atoms in total. The third kappa shape index (κ3) is 2.73. The highest BCUT2D eigenvalue weighted by molar-refractivity contribution is 8.01. The molecule has 2 fully saturated rings. The number of nitrogens with zero attached hydrogens (tertiary/aromatic N) is 1. The van der Waals surface area contributed by atoms with E-state index in [0.29, 0.717) is 12.1 Å². The molecule has 1 amide bonds. The van der Waals surface area contributed by atoms with Gasteiger partial charge in [0.1, 0.15) is 0 Å².